The molecule has 0 aliphatic heterocycles. The molecule has 24 heteroatoms. The van der Waals surface area contributed by atoms with E-state index in [0.29, 0.717) is 128 Å². The summed E-state index contributed by atoms with van der Waals surface area (Å²) in [5.41, 5.74) is 2.25. The normalized spacial score (nSPS) is 11.4. The van der Waals surface area contributed by atoms with E-state index >= 15 is 0 Å². The average Bonchev–Trinajstić information content (AvgIpc) is 3.68. The van der Waals surface area contributed by atoms with E-state index in [1.54, 1.807) is 83.0 Å². The zero-order chi connectivity index (χ0) is 60.2. The van der Waals surface area contributed by atoms with Crippen LogP contribution in [0.1, 0.15) is 64.4 Å². The van der Waals surface area contributed by atoms with Crippen LogP contribution in [0.2, 0.25) is 0 Å². The Bertz CT molecular complexity index is 1930. The van der Waals surface area contributed by atoms with Crippen molar-refractivity contribution in [3.05, 3.63) is 106 Å². The summed E-state index contributed by atoms with van der Waals surface area (Å²) in [6.45, 7) is 8.93. The topological polar surface area (TPSA) is 264 Å². The van der Waals surface area contributed by atoms with E-state index < -0.39 is 23.7 Å². The third kappa shape index (κ3) is 34.8. The quantitative estimate of drug-likeness (QED) is 0.0592. The third-order valence-corrected chi connectivity index (χ3v) is 12.0. The summed E-state index contributed by atoms with van der Waals surface area (Å²) in [5.74, 6) is -2.87. The molecule has 0 aliphatic carbocycles. The van der Waals surface area contributed by atoms with Crippen molar-refractivity contribution < 1.29 is 95.0 Å². The van der Waals surface area contributed by atoms with E-state index in [-0.39, 0.29) is 128 Å². The van der Waals surface area contributed by atoms with E-state index in [9.17, 15) is 19.2 Å². The lowest BCUT2D eigenvalue weighted by Gasteiger charge is -2.26. The van der Waals surface area contributed by atoms with Gasteiger partial charge in [-0.25, -0.2) is 0 Å². The SMILES string of the molecule is COCCOCCOCCOCC(COCCOCCOCCOC)c1cc(C(COCCOCCOCCOC)COCCOCCOCCOC)c(C(=O)NCCNC(=O)c2ccccc2)cc1C(=O)NCCNC(=O)c1ccccc1. The molecule has 0 radical (unpaired) electrons. The highest BCUT2D eigenvalue weighted by Gasteiger charge is 2.29. The van der Waals surface area contributed by atoms with Crippen LogP contribution in [-0.2, 0) is 75.8 Å². The highest BCUT2D eigenvalue weighted by atomic mass is 16.6. The molecular formula is C60H94N4O20. The highest BCUT2D eigenvalue weighted by Crippen LogP contribution is 2.31. The largest absolute Gasteiger partial charge is 0.382 e. The first-order valence-electron chi connectivity index (χ1n) is 28.6. The zero-order valence-electron chi connectivity index (χ0n) is 49.9. The molecule has 24 nitrogen and oxygen atoms in total. The van der Waals surface area contributed by atoms with Crippen LogP contribution in [0.3, 0.4) is 0 Å². The van der Waals surface area contributed by atoms with Gasteiger partial charge in [0.1, 0.15) is 0 Å². The minimum atomic E-state index is -0.608. The second kappa shape index (κ2) is 51.2. The first-order valence-corrected chi connectivity index (χ1v) is 28.6. The maximum Gasteiger partial charge on any atom is 0.251 e. The van der Waals surface area contributed by atoms with Gasteiger partial charge in [0.05, 0.1) is 185 Å². The van der Waals surface area contributed by atoms with Gasteiger partial charge < -0.3 is 97.1 Å². The number of carbonyl (C=O) groups excluding carboxylic acids is 4. The molecule has 0 spiro atoms. The van der Waals surface area contributed by atoms with Gasteiger partial charge in [-0.3, -0.25) is 19.2 Å². The van der Waals surface area contributed by atoms with Gasteiger partial charge in [0.2, 0.25) is 0 Å². The van der Waals surface area contributed by atoms with Crippen LogP contribution in [0.25, 0.3) is 0 Å². The first kappa shape index (κ1) is 73.2. The van der Waals surface area contributed by atoms with Crippen molar-refractivity contribution in [1.82, 2.24) is 21.3 Å². The molecule has 0 bridgehead atoms. The van der Waals surface area contributed by atoms with Gasteiger partial charge >= 0.3 is 0 Å². The molecule has 0 unspecified atom stereocenters. The second-order valence-electron chi connectivity index (χ2n) is 18.3. The molecular weight excluding hydrogens is 1100 g/mol. The summed E-state index contributed by atoms with van der Waals surface area (Å²) in [5, 5.41) is 11.6. The maximum absolute atomic E-state index is 14.8. The van der Waals surface area contributed by atoms with Crippen LogP contribution in [0.5, 0.6) is 0 Å². The molecule has 0 saturated heterocycles. The summed E-state index contributed by atoms with van der Waals surface area (Å²) in [7, 11) is 6.42. The first-order chi connectivity index (χ1) is 41.3. The van der Waals surface area contributed by atoms with Crippen molar-refractivity contribution in [2.45, 2.75) is 11.8 Å². The van der Waals surface area contributed by atoms with Crippen LogP contribution >= 0.6 is 0 Å². The number of carbonyl (C=O) groups is 4. The minimum absolute atomic E-state index is 0.0466. The van der Waals surface area contributed by atoms with Crippen molar-refractivity contribution in [2.75, 3.05) is 240 Å². The van der Waals surface area contributed by atoms with Crippen molar-refractivity contribution >= 4 is 23.6 Å². The predicted octanol–water partition coefficient (Wildman–Crippen LogP) is 2.96. The van der Waals surface area contributed by atoms with Gasteiger partial charge in [-0.2, -0.15) is 0 Å². The van der Waals surface area contributed by atoms with Gasteiger partial charge in [0.15, 0.2) is 0 Å². The summed E-state index contributed by atoms with van der Waals surface area (Å²) in [6.07, 6.45) is 0. The molecule has 4 amide bonds. The Hall–Kier alpha value is -5.10. The average molecular weight is 1190 g/mol. The van der Waals surface area contributed by atoms with Crippen molar-refractivity contribution in [3.8, 4) is 0 Å². The maximum atomic E-state index is 14.8. The van der Waals surface area contributed by atoms with E-state index in [0.717, 1.165) is 0 Å². The van der Waals surface area contributed by atoms with Gasteiger partial charge in [0.25, 0.3) is 23.6 Å². The number of rotatable bonds is 56. The fourth-order valence-electron chi connectivity index (χ4n) is 7.67. The van der Waals surface area contributed by atoms with E-state index in [1.807, 2.05) is 18.2 Å². The van der Waals surface area contributed by atoms with Gasteiger partial charge in [-0.05, 0) is 41.5 Å². The lowest BCUT2D eigenvalue weighted by atomic mass is 9.85. The zero-order valence-corrected chi connectivity index (χ0v) is 49.9. The van der Waals surface area contributed by atoms with E-state index in [4.69, 9.17) is 75.8 Å². The molecule has 0 fully saturated rings. The number of hydrogen-bond acceptors (Lipinski definition) is 20. The highest BCUT2D eigenvalue weighted by molar-refractivity contribution is 6.02. The fraction of sp³-hybridized carbons (Fsp3) is 0.633. The Kier molecular flexibility index (Phi) is 44.5. The molecule has 0 aliphatic rings. The molecule has 3 rings (SSSR count). The molecule has 0 aromatic heterocycles. The van der Waals surface area contributed by atoms with Gasteiger partial charge in [0, 0.05) is 88.7 Å². The molecule has 0 saturated carbocycles. The van der Waals surface area contributed by atoms with Crippen LogP contribution < -0.4 is 21.3 Å². The number of nitrogens with one attached hydrogen (secondary N) is 4. The second-order valence-corrected chi connectivity index (χ2v) is 18.3. The summed E-state index contributed by atoms with van der Waals surface area (Å²) >= 11 is 0. The lowest BCUT2D eigenvalue weighted by Crippen LogP contribution is -2.37. The van der Waals surface area contributed by atoms with Crippen LogP contribution in [0, 0.1) is 0 Å². The van der Waals surface area contributed by atoms with Crippen molar-refractivity contribution in [3.63, 3.8) is 0 Å². The van der Waals surface area contributed by atoms with Crippen LogP contribution in [0.4, 0.5) is 0 Å². The van der Waals surface area contributed by atoms with Crippen LogP contribution in [0.15, 0.2) is 72.8 Å². The van der Waals surface area contributed by atoms with Crippen molar-refractivity contribution in [1.29, 1.82) is 0 Å². The third-order valence-electron chi connectivity index (χ3n) is 12.0. The predicted molar refractivity (Wildman–Crippen MR) is 311 cm³/mol. The Morgan fingerprint density at radius 1 is 0.298 bits per heavy atom. The number of hydrogen-bond donors (Lipinski definition) is 4. The lowest BCUT2D eigenvalue weighted by molar-refractivity contribution is -0.0124. The van der Waals surface area contributed by atoms with E-state index in [2.05, 4.69) is 21.3 Å². The van der Waals surface area contributed by atoms with Gasteiger partial charge in [-0.1, -0.05) is 42.5 Å². The van der Waals surface area contributed by atoms with E-state index in [1.165, 1.54) is 0 Å². The summed E-state index contributed by atoms with van der Waals surface area (Å²) < 4.78 is 90.7. The Morgan fingerprint density at radius 3 is 0.774 bits per heavy atom. The van der Waals surface area contributed by atoms with Crippen molar-refractivity contribution in [2.24, 2.45) is 0 Å². The number of methoxy groups -OCH3 is 4. The molecule has 3 aromatic carbocycles. The molecule has 474 valence electrons. The number of amides is 4. The molecule has 84 heavy (non-hydrogen) atoms. The summed E-state index contributed by atoms with van der Waals surface area (Å²) in [4.78, 5) is 55.5. The smallest absolute Gasteiger partial charge is 0.251 e. The molecule has 4 N–H and O–H groups in total. The number of ether oxygens (including phenoxy) is 16. The molecule has 0 atom stereocenters. The minimum Gasteiger partial charge on any atom is -0.382 e. The standard InChI is InChI=1S/C60H94N4O20/c1-69-19-23-73-27-31-77-35-39-81-45-51(46-82-40-36-78-32-28-74-24-20-70-2)53-43-54(52(47-83-41-37-79-33-29-75-25-21-71-3)48-84-42-38-80-34-30-76-26-22-72-4)56(60(68)64-18-16-62-58(66)50-13-9-6-10-14-50)44-55(53)59(67)63-17-15-61-57(65)49-11-7-5-8-12-49/h5-14,43-44,51-52H,15-42,45-48H2,1-4H3,(H,61,65)(H,62,66)(H,63,67)(H,64,68). The Balaban J connectivity index is 2.06. The summed E-state index contributed by atoms with van der Waals surface area (Å²) in [6, 6.07) is 20.8. The molecule has 3 aromatic rings. The Morgan fingerprint density at radius 2 is 0.524 bits per heavy atom. The fourth-order valence-corrected chi connectivity index (χ4v) is 7.67. The van der Waals surface area contributed by atoms with Crippen LogP contribution in [-0.4, -0.2) is 263 Å². The van der Waals surface area contributed by atoms with Gasteiger partial charge in [-0.15, -0.1) is 0 Å². The Labute approximate surface area is 496 Å². The monoisotopic (exact) mass is 1190 g/mol. The molecule has 0 heterocycles. The number of benzene rings is 3.